The zero-order valence-corrected chi connectivity index (χ0v) is 17.6. The summed E-state index contributed by atoms with van der Waals surface area (Å²) in [6.07, 6.45) is 0.704. The molecule has 4 nitrogen and oxygen atoms in total. The van der Waals surface area contributed by atoms with Crippen molar-refractivity contribution in [3.63, 3.8) is 0 Å². The van der Waals surface area contributed by atoms with Gasteiger partial charge in [-0.05, 0) is 43.5 Å². The van der Waals surface area contributed by atoms with Crippen LogP contribution in [-0.4, -0.2) is 17.4 Å². The Morgan fingerprint density at radius 1 is 0.871 bits per heavy atom. The number of fused-ring (bicyclic) bond motifs is 2. The first-order valence-corrected chi connectivity index (χ1v) is 10.5. The monoisotopic (exact) mass is 409 g/mol. The van der Waals surface area contributed by atoms with E-state index in [9.17, 15) is 9.59 Å². The molecular formula is C27H23NO3. The van der Waals surface area contributed by atoms with Crippen LogP contribution in [0.1, 0.15) is 44.4 Å². The van der Waals surface area contributed by atoms with Crippen molar-refractivity contribution in [3.05, 3.63) is 117 Å². The van der Waals surface area contributed by atoms with Crippen LogP contribution in [-0.2, 0) is 6.42 Å². The number of hydrogen-bond acceptors (Lipinski definition) is 3. The third-order valence-corrected chi connectivity index (χ3v) is 6.00. The minimum atomic E-state index is -0.451. The van der Waals surface area contributed by atoms with E-state index in [1.54, 1.807) is 11.0 Å². The van der Waals surface area contributed by atoms with Crippen molar-refractivity contribution in [3.8, 4) is 0 Å². The van der Waals surface area contributed by atoms with E-state index in [2.05, 4.69) is 12.1 Å². The summed E-state index contributed by atoms with van der Waals surface area (Å²) in [7, 11) is 0. The second kappa shape index (κ2) is 7.55. The van der Waals surface area contributed by atoms with E-state index in [0.717, 1.165) is 22.3 Å². The molecule has 1 amide bonds. The van der Waals surface area contributed by atoms with E-state index in [0.29, 0.717) is 29.5 Å². The van der Waals surface area contributed by atoms with Gasteiger partial charge in [0.25, 0.3) is 5.91 Å². The Hall–Kier alpha value is -3.66. The van der Waals surface area contributed by atoms with Crippen LogP contribution in [0.15, 0.2) is 82.0 Å². The average molecular weight is 409 g/mol. The number of hydrogen-bond donors (Lipinski definition) is 0. The summed E-state index contributed by atoms with van der Waals surface area (Å²) in [5, 5.41) is 0.522. The molecule has 1 aromatic heterocycles. The zero-order valence-electron chi connectivity index (χ0n) is 17.6. The summed E-state index contributed by atoms with van der Waals surface area (Å²) in [5.74, 6) is -0.0592. The van der Waals surface area contributed by atoms with Crippen LogP contribution >= 0.6 is 0 Å². The normalized spacial score (nSPS) is 15.5. The van der Waals surface area contributed by atoms with Crippen LogP contribution in [0.25, 0.3) is 11.0 Å². The minimum absolute atomic E-state index is 0.124. The Morgan fingerprint density at radius 3 is 2.32 bits per heavy atom. The van der Waals surface area contributed by atoms with Gasteiger partial charge in [0.1, 0.15) is 5.58 Å². The number of nitrogens with zero attached hydrogens (tertiary/aromatic N) is 1. The molecule has 154 valence electrons. The summed E-state index contributed by atoms with van der Waals surface area (Å²) in [6, 6.07) is 23.1. The van der Waals surface area contributed by atoms with Gasteiger partial charge in [-0.1, -0.05) is 71.8 Å². The molecule has 0 unspecified atom stereocenters. The lowest BCUT2D eigenvalue weighted by molar-refractivity contribution is 0.0730. The van der Waals surface area contributed by atoms with Gasteiger partial charge in [0.2, 0.25) is 5.76 Å². The van der Waals surface area contributed by atoms with E-state index in [-0.39, 0.29) is 17.1 Å². The smallest absolute Gasteiger partial charge is 0.290 e. The molecule has 4 heteroatoms. The largest absolute Gasteiger partial charge is 0.450 e. The van der Waals surface area contributed by atoms with Crippen LogP contribution in [0.2, 0.25) is 0 Å². The second-order valence-corrected chi connectivity index (χ2v) is 8.22. The first-order valence-electron chi connectivity index (χ1n) is 10.5. The first-order chi connectivity index (χ1) is 15.0. The number of aryl methyl sites for hydroxylation is 2. The fraction of sp³-hybridized carbons (Fsp3) is 0.185. The topological polar surface area (TPSA) is 50.5 Å². The molecule has 0 aliphatic carbocycles. The second-order valence-electron chi connectivity index (χ2n) is 8.22. The molecule has 3 aromatic carbocycles. The highest BCUT2D eigenvalue weighted by atomic mass is 16.3. The molecule has 1 atom stereocenters. The van der Waals surface area contributed by atoms with Crippen molar-refractivity contribution in [2.75, 3.05) is 6.54 Å². The molecule has 0 N–H and O–H groups in total. The Labute approximate surface area is 180 Å². The van der Waals surface area contributed by atoms with Crippen molar-refractivity contribution in [1.29, 1.82) is 0 Å². The predicted molar refractivity (Wildman–Crippen MR) is 121 cm³/mol. The van der Waals surface area contributed by atoms with Crippen molar-refractivity contribution in [2.45, 2.75) is 26.3 Å². The highest BCUT2D eigenvalue weighted by Crippen LogP contribution is 2.38. The number of benzene rings is 3. The molecule has 0 fully saturated rings. The SMILES string of the molecule is Cc1ccc([C@@H]2c3c(oc4ccc(C)cc4c3=O)C(=O)N2CCc2ccccc2)cc1. The molecule has 0 spiro atoms. The lowest BCUT2D eigenvalue weighted by Crippen LogP contribution is -2.31. The molecule has 1 aliphatic rings. The zero-order chi connectivity index (χ0) is 21.5. The predicted octanol–water partition coefficient (Wildman–Crippen LogP) is 5.20. The molecule has 5 rings (SSSR count). The first kappa shape index (κ1) is 19.3. The third kappa shape index (κ3) is 3.34. The van der Waals surface area contributed by atoms with Crippen molar-refractivity contribution >= 4 is 16.9 Å². The Morgan fingerprint density at radius 2 is 1.58 bits per heavy atom. The van der Waals surface area contributed by atoms with Crippen LogP contribution in [0.4, 0.5) is 0 Å². The Bertz CT molecular complexity index is 1340. The average Bonchev–Trinajstić information content (AvgIpc) is 3.06. The summed E-state index contributed by atoms with van der Waals surface area (Å²) in [6.45, 7) is 4.47. The summed E-state index contributed by atoms with van der Waals surface area (Å²) < 4.78 is 6.02. The lowest BCUT2D eigenvalue weighted by Gasteiger charge is -2.25. The molecule has 0 radical (unpaired) electrons. The maximum Gasteiger partial charge on any atom is 0.290 e. The van der Waals surface area contributed by atoms with Crippen LogP contribution in [0, 0.1) is 13.8 Å². The third-order valence-electron chi connectivity index (χ3n) is 6.00. The van der Waals surface area contributed by atoms with Crippen LogP contribution < -0.4 is 5.43 Å². The fourth-order valence-electron chi connectivity index (χ4n) is 4.35. The maximum atomic E-state index is 13.5. The standard InChI is InChI=1S/C27H23NO3/c1-17-8-11-20(12-9-17)24-23-25(29)21-16-18(2)10-13-22(21)31-26(23)27(30)28(24)15-14-19-6-4-3-5-7-19/h3-13,16,24H,14-15H2,1-2H3/t24-/m1/s1. The summed E-state index contributed by atoms with van der Waals surface area (Å²) in [5.41, 5.74) is 4.96. The number of rotatable bonds is 4. The van der Waals surface area contributed by atoms with Gasteiger partial charge in [-0.15, -0.1) is 0 Å². The molecule has 1 aliphatic heterocycles. The van der Waals surface area contributed by atoms with Gasteiger partial charge >= 0.3 is 0 Å². The highest BCUT2D eigenvalue weighted by Gasteiger charge is 2.42. The van der Waals surface area contributed by atoms with E-state index in [1.807, 2.05) is 68.4 Å². The van der Waals surface area contributed by atoms with Crippen molar-refractivity contribution in [1.82, 2.24) is 4.90 Å². The van der Waals surface area contributed by atoms with Gasteiger partial charge in [0.15, 0.2) is 5.43 Å². The molecule has 0 bridgehead atoms. The summed E-state index contributed by atoms with van der Waals surface area (Å²) >= 11 is 0. The molecule has 31 heavy (non-hydrogen) atoms. The van der Waals surface area contributed by atoms with E-state index < -0.39 is 6.04 Å². The Balaban J connectivity index is 1.66. The van der Waals surface area contributed by atoms with Gasteiger partial charge < -0.3 is 9.32 Å². The van der Waals surface area contributed by atoms with Crippen LogP contribution in [0.3, 0.4) is 0 Å². The van der Waals surface area contributed by atoms with Gasteiger partial charge in [0, 0.05) is 6.54 Å². The molecule has 0 saturated carbocycles. The van der Waals surface area contributed by atoms with E-state index >= 15 is 0 Å². The highest BCUT2D eigenvalue weighted by molar-refractivity contribution is 5.99. The van der Waals surface area contributed by atoms with Crippen molar-refractivity contribution in [2.24, 2.45) is 0 Å². The van der Waals surface area contributed by atoms with E-state index in [1.165, 1.54) is 0 Å². The Kier molecular flexibility index (Phi) is 4.70. The van der Waals surface area contributed by atoms with Gasteiger partial charge in [0.05, 0.1) is 17.0 Å². The molecule has 4 aromatic rings. The van der Waals surface area contributed by atoms with Gasteiger partial charge in [-0.2, -0.15) is 0 Å². The van der Waals surface area contributed by atoms with E-state index in [4.69, 9.17) is 4.42 Å². The van der Waals surface area contributed by atoms with Crippen LogP contribution in [0.5, 0.6) is 0 Å². The maximum absolute atomic E-state index is 13.5. The molecular weight excluding hydrogens is 386 g/mol. The molecule has 2 heterocycles. The number of carbonyl (C=O) groups is 1. The quantitative estimate of drug-likeness (QED) is 0.466. The van der Waals surface area contributed by atoms with Gasteiger partial charge in [-0.25, -0.2) is 0 Å². The van der Waals surface area contributed by atoms with Gasteiger partial charge in [-0.3, -0.25) is 9.59 Å². The number of carbonyl (C=O) groups excluding carboxylic acids is 1. The minimum Gasteiger partial charge on any atom is -0.450 e. The molecule has 0 saturated heterocycles. The number of amides is 1. The fourth-order valence-corrected chi connectivity index (χ4v) is 4.35. The van der Waals surface area contributed by atoms with Crippen molar-refractivity contribution < 1.29 is 9.21 Å². The summed E-state index contributed by atoms with van der Waals surface area (Å²) in [4.78, 5) is 28.8. The lowest BCUT2D eigenvalue weighted by atomic mass is 9.97.